The molecule has 0 saturated heterocycles. The number of carbonyl (C=O) groups is 1. The van der Waals surface area contributed by atoms with E-state index in [9.17, 15) is 4.79 Å². The van der Waals surface area contributed by atoms with Crippen molar-refractivity contribution >= 4 is 5.97 Å². The third-order valence-corrected chi connectivity index (χ3v) is 2.59. The molecule has 0 aliphatic heterocycles. The van der Waals surface area contributed by atoms with Crippen molar-refractivity contribution in [1.29, 1.82) is 0 Å². The first-order valence-corrected chi connectivity index (χ1v) is 5.99. The largest absolute Gasteiger partial charge is 0.493 e. The van der Waals surface area contributed by atoms with Gasteiger partial charge in [0.1, 0.15) is 0 Å². The van der Waals surface area contributed by atoms with Crippen LogP contribution in [0.3, 0.4) is 0 Å². The molecule has 2 rings (SSSR count). The quantitative estimate of drug-likeness (QED) is 0.862. The number of benzene rings is 1. The molecule has 0 saturated carbocycles. The van der Waals surface area contributed by atoms with Gasteiger partial charge in [-0.25, -0.2) is 4.79 Å². The number of hydrogen-bond donors (Lipinski definition) is 1. The summed E-state index contributed by atoms with van der Waals surface area (Å²) in [5.41, 5.74) is 0.125. The van der Waals surface area contributed by atoms with Gasteiger partial charge >= 0.3 is 5.97 Å². The van der Waals surface area contributed by atoms with Crippen LogP contribution in [0.1, 0.15) is 29.0 Å². The number of aromatic nitrogens is 2. The fraction of sp³-hybridized carbons (Fsp3) is 0.308. The van der Waals surface area contributed by atoms with E-state index in [0.29, 0.717) is 29.6 Å². The zero-order valence-electron chi connectivity index (χ0n) is 11.1. The van der Waals surface area contributed by atoms with Crippen molar-refractivity contribution in [2.75, 3.05) is 7.11 Å². The molecule has 0 atom stereocenters. The van der Waals surface area contributed by atoms with Crippen molar-refractivity contribution in [1.82, 2.24) is 10.1 Å². The van der Waals surface area contributed by atoms with Crippen LogP contribution in [0, 0.1) is 0 Å². The van der Waals surface area contributed by atoms with E-state index >= 15 is 0 Å². The van der Waals surface area contributed by atoms with Crippen LogP contribution in [0.15, 0.2) is 22.7 Å². The number of aryl methyl sites for hydroxylation is 1. The van der Waals surface area contributed by atoms with E-state index in [1.807, 2.05) is 6.92 Å². The van der Waals surface area contributed by atoms with Gasteiger partial charge < -0.3 is 19.1 Å². The number of ether oxygens (including phenoxy) is 2. The molecule has 0 spiro atoms. The number of carboxylic acids is 1. The lowest BCUT2D eigenvalue weighted by Crippen LogP contribution is -2.01. The van der Waals surface area contributed by atoms with Crippen molar-refractivity contribution in [2.24, 2.45) is 0 Å². The van der Waals surface area contributed by atoms with E-state index in [4.69, 9.17) is 19.1 Å². The minimum Gasteiger partial charge on any atom is -0.493 e. The normalized spacial score (nSPS) is 10.3. The summed E-state index contributed by atoms with van der Waals surface area (Å²) in [4.78, 5) is 15.0. The summed E-state index contributed by atoms with van der Waals surface area (Å²) < 4.78 is 15.6. The fourth-order valence-electron chi connectivity index (χ4n) is 1.55. The molecule has 0 bridgehead atoms. The van der Waals surface area contributed by atoms with Crippen LogP contribution < -0.4 is 9.47 Å². The lowest BCUT2D eigenvalue weighted by Gasteiger charge is -2.09. The fourth-order valence-corrected chi connectivity index (χ4v) is 1.55. The lowest BCUT2D eigenvalue weighted by atomic mass is 10.2. The second-order valence-corrected chi connectivity index (χ2v) is 3.92. The Morgan fingerprint density at radius 2 is 2.20 bits per heavy atom. The SMILES string of the molecule is CCc1noc(COc2ccc(C(=O)O)cc2OC)n1. The standard InChI is InChI=1S/C13H14N2O5/c1-3-11-14-12(20-15-11)7-19-9-5-4-8(13(16)17)6-10(9)18-2/h4-6H,3,7H2,1-2H3,(H,16,17). The Morgan fingerprint density at radius 3 is 2.80 bits per heavy atom. The third kappa shape index (κ3) is 3.05. The van der Waals surface area contributed by atoms with Crippen LogP contribution in [-0.2, 0) is 13.0 Å². The maximum atomic E-state index is 10.9. The Bertz CT molecular complexity index is 609. The zero-order valence-corrected chi connectivity index (χ0v) is 11.1. The van der Waals surface area contributed by atoms with Gasteiger partial charge in [-0.3, -0.25) is 0 Å². The second-order valence-electron chi connectivity index (χ2n) is 3.92. The zero-order chi connectivity index (χ0) is 14.5. The Labute approximate surface area is 115 Å². The molecule has 0 aliphatic carbocycles. The van der Waals surface area contributed by atoms with Crippen molar-refractivity contribution in [2.45, 2.75) is 20.0 Å². The van der Waals surface area contributed by atoms with Crippen molar-refractivity contribution in [3.63, 3.8) is 0 Å². The maximum Gasteiger partial charge on any atom is 0.335 e. The van der Waals surface area contributed by atoms with Crippen LogP contribution in [0.25, 0.3) is 0 Å². The summed E-state index contributed by atoms with van der Waals surface area (Å²) in [6.45, 7) is 2.01. The molecule has 0 unspecified atom stereocenters. The van der Waals surface area contributed by atoms with E-state index < -0.39 is 5.97 Å². The first-order valence-electron chi connectivity index (χ1n) is 5.99. The van der Waals surface area contributed by atoms with E-state index in [-0.39, 0.29) is 12.2 Å². The van der Waals surface area contributed by atoms with Gasteiger partial charge in [0.05, 0.1) is 12.7 Å². The predicted octanol–water partition coefficient (Wildman–Crippen LogP) is 1.92. The van der Waals surface area contributed by atoms with Gasteiger partial charge in [0.2, 0.25) is 0 Å². The predicted molar refractivity (Wildman–Crippen MR) is 68.0 cm³/mol. The molecule has 0 fully saturated rings. The Kier molecular flexibility index (Phi) is 4.19. The molecular weight excluding hydrogens is 264 g/mol. The van der Waals surface area contributed by atoms with Crippen molar-refractivity contribution in [3.8, 4) is 11.5 Å². The number of aromatic carboxylic acids is 1. The van der Waals surface area contributed by atoms with Gasteiger partial charge in [0.25, 0.3) is 5.89 Å². The van der Waals surface area contributed by atoms with Gasteiger partial charge in [0, 0.05) is 6.42 Å². The smallest absolute Gasteiger partial charge is 0.335 e. The lowest BCUT2D eigenvalue weighted by molar-refractivity contribution is 0.0696. The number of nitrogens with zero attached hydrogens (tertiary/aromatic N) is 2. The van der Waals surface area contributed by atoms with E-state index in [1.54, 1.807) is 0 Å². The van der Waals surface area contributed by atoms with Crippen LogP contribution in [-0.4, -0.2) is 28.3 Å². The van der Waals surface area contributed by atoms with Crippen LogP contribution >= 0.6 is 0 Å². The van der Waals surface area contributed by atoms with Gasteiger partial charge in [-0.2, -0.15) is 4.98 Å². The van der Waals surface area contributed by atoms with E-state index in [0.717, 1.165) is 0 Å². The molecular formula is C13H14N2O5. The number of hydrogen-bond acceptors (Lipinski definition) is 6. The first kappa shape index (κ1) is 13.9. The number of methoxy groups -OCH3 is 1. The highest BCUT2D eigenvalue weighted by Crippen LogP contribution is 2.28. The van der Waals surface area contributed by atoms with Gasteiger partial charge in [-0.15, -0.1) is 0 Å². The van der Waals surface area contributed by atoms with Crippen LogP contribution in [0.4, 0.5) is 0 Å². The molecule has 20 heavy (non-hydrogen) atoms. The third-order valence-electron chi connectivity index (χ3n) is 2.59. The Morgan fingerprint density at radius 1 is 1.40 bits per heavy atom. The summed E-state index contributed by atoms with van der Waals surface area (Å²) in [7, 11) is 1.44. The van der Waals surface area contributed by atoms with E-state index in [2.05, 4.69) is 10.1 Å². The Balaban J connectivity index is 2.10. The minimum absolute atomic E-state index is 0.0930. The summed E-state index contributed by atoms with van der Waals surface area (Å²) in [6, 6.07) is 4.35. The first-order chi connectivity index (χ1) is 9.63. The Hall–Kier alpha value is -2.57. The highest BCUT2D eigenvalue weighted by atomic mass is 16.5. The molecule has 106 valence electrons. The topological polar surface area (TPSA) is 94.7 Å². The minimum atomic E-state index is -1.03. The van der Waals surface area contributed by atoms with Crippen molar-refractivity contribution in [3.05, 3.63) is 35.5 Å². The highest BCUT2D eigenvalue weighted by molar-refractivity contribution is 5.88. The molecule has 2 aromatic rings. The molecule has 0 amide bonds. The van der Waals surface area contributed by atoms with Gasteiger partial charge in [0.15, 0.2) is 23.9 Å². The van der Waals surface area contributed by atoms with Gasteiger partial charge in [-0.05, 0) is 18.2 Å². The molecule has 0 aliphatic rings. The number of rotatable bonds is 6. The molecule has 1 aromatic carbocycles. The second kappa shape index (κ2) is 6.05. The molecule has 1 N–H and O–H groups in total. The summed E-state index contributed by atoms with van der Waals surface area (Å²) in [5.74, 6) is 0.677. The summed E-state index contributed by atoms with van der Waals surface area (Å²) >= 11 is 0. The molecule has 0 radical (unpaired) electrons. The summed E-state index contributed by atoms with van der Waals surface area (Å²) in [6.07, 6.45) is 0.681. The van der Waals surface area contributed by atoms with Crippen LogP contribution in [0.2, 0.25) is 0 Å². The van der Waals surface area contributed by atoms with E-state index in [1.165, 1.54) is 25.3 Å². The van der Waals surface area contributed by atoms with Gasteiger partial charge in [-0.1, -0.05) is 12.1 Å². The molecule has 1 aromatic heterocycles. The summed E-state index contributed by atoms with van der Waals surface area (Å²) in [5, 5.41) is 12.7. The van der Waals surface area contributed by atoms with Crippen LogP contribution in [0.5, 0.6) is 11.5 Å². The number of carboxylic acid groups (broad SMARTS) is 1. The highest BCUT2D eigenvalue weighted by Gasteiger charge is 2.12. The average molecular weight is 278 g/mol. The monoisotopic (exact) mass is 278 g/mol. The molecule has 7 nitrogen and oxygen atoms in total. The maximum absolute atomic E-state index is 10.9. The average Bonchev–Trinajstić information content (AvgIpc) is 2.92. The molecule has 7 heteroatoms. The van der Waals surface area contributed by atoms with Crippen molar-refractivity contribution < 1.29 is 23.9 Å². The molecule has 1 heterocycles.